The first-order valence-corrected chi connectivity index (χ1v) is 6.43. The van der Waals surface area contributed by atoms with Gasteiger partial charge in [0.2, 0.25) is 0 Å². The molecule has 1 fully saturated rings. The van der Waals surface area contributed by atoms with E-state index in [0.717, 1.165) is 31.2 Å². The first-order chi connectivity index (χ1) is 7.66. The Balaban J connectivity index is 2.08. The Morgan fingerprint density at radius 2 is 2.19 bits per heavy atom. The molecule has 1 aliphatic rings. The normalized spacial score (nSPS) is 21.1. The molecule has 0 bridgehead atoms. The Kier molecular flexibility index (Phi) is 3.74. The van der Waals surface area contributed by atoms with Gasteiger partial charge in [-0.15, -0.1) is 0 Å². The van der Waals surface area contributed by atoms with Crippen LogP contribution in [0.5, 0.6) is 0 Å². The van der Waals surface area contributed by atoms with Gasteiger partial charge in [-0.25, -0.2) is 4.39 Å². The Labute approximate surface area is 103 Å². The molecule has 0 N–H and O–H groups in total. The topological polar surface area (TPSA) is 17.1 Å². The van der Waals surface area contributed by atoms with E-state index < -0.39 is 0 Å². The summed E-state index contributed by atoms with van der Waals surface area (Å²) in [7, 11) is 0. The van der Waals surface area contributed by atoms with Crippen molar-refractivity contribution in [3.05, 3.63) is 34.1 Å². The predicted molar refractivity (Wildman–Crippen MR) is 64.8 cm³/mol. The van der Waals surface area contributed by atoms with Crippen molar-refractivity contribution in [1.29, 1.82) is 0 Å². The lowest BCUT2D eigenvalue weighted by molar-refractivity contribution is -0.124. The molecule has 0 aliphatic heterocycles. The number of ketones is 1. The number of carbonyl (C=O) groups excluding carboxylic acids is 1. The van der Waals surface area contributed by atoms with Crippen molar-refractivity contribution in [2.45, 2.75) is 32.1 Å². The van der Waals surface area contributed by atoms with E-state index in [9.17, 15) is 9.18 Å². The van der Waals surface area contributed by atoms with Gasteiger partial charge in [-0.1, -0.05) is 12.5 Å². The summed E-state index contributed by atoms with van der Waals surface area (Å²) in [6, 6.07) is 4.99. The van der Waals surface area contributed by atoms with E-state index in [1.807, 2.05) is 0 Å². The molecule has 0 aromatic heterocycles. The van der Waals surface area contributed by atoms with Crippen LogP contribution in [0.4, 0.5) is 4.39 Å². The molecule has 2 rings (SSSR count). The largest absolute Gasteiger partial charge is 0.299 e. The number of hydrogen-bond donors (Lipinski definition) is 0. The maximum absolute atomic E-state index is 13.0. The number of benzene rings is 1. The van der Waals surface area contributed by atoms with Crippen LogP contribution in [-0.2, 0) is 11.2 Å². The minimum absolute atomic E-state index is 0.145. The Bertz CT molecular complexity index is 403. The van der Waals surface area contributed by atoms with Gasteiger partial charge in [0.25, 0.3) is 0 Å². The van der Waals surface area contributed by atoms with Gasteiger partial charge in [-0.2, -0.15) is 0 Å². The molecule has 0 heterocycles. The van der Waals surface area contributed by atoms with Crippen LogP contribution in [0.1, 0.15) is 31.2 Å². The van der Waals surface area contributed by atoms with Crippen molar-refractivity contribution >= 4 is 21.7 Å². The lowest BCUT2D eigenvalue weighted by Gasteiger charge is -2.20. The van der Waals surface area contributed by atoms with Crippen molar-refractivity contribution in [3.8, 4) is 0 Å². The zero-order chi connectivity index (χ0) is 11.5. The van der Waals surface area contributed by atoms with Crippen LogP contribution in [0, 0.1) is 11.7 Å². The highest BCUT2D eigenvalue weighted by atomic mass is 79.9. The highest BCUT2D eigenvalue weighted by molar-refractivity contribution is 9.10. The van der Waals surface area contributed by atoms with Crippen LogP contribution in [-0.4, -0.2) is 5.78 Å². The van der Waals surface area contributed by atoms with Crippen molar-refractivity contribution in [2.24, 2.45) is 5.92 Å². The third kappa shape index (κ3) is 2.70. The van der Waals surface area contributed by atoms with Gasteiger partial charge >= 0.3 is 0 Å². The van der Waals surface area contributed by atoms with E-state index in [1.165, 1.54) is 6.07 Å². The number of carbonyl (C=O) groups is 1. The highest BCUT2D eigenvalue weighted by Crippen LogP contribution is 2.25. The molecule has 1 saturated carbocycles. The lowest BCUT2D eigenvalue weighted by atomic mass is 9.84. The lowest BCUT2D eigenvalue weighted by Crippen LogP contribution is -2.21. The molecule has 1 aromatic carbocycles. The molecule has 0 radical (unpaired) electrons. The fourth-order valence-corrected chi connectivity index (χ4v) is 2.65. The Morgan fingerprint density at radius 3 is 2.88 bits per heavy atom. The van der Waals surface area contributed by atoms with Crippen LogP contribution < -0.4 is 0 Å². The monoisotopic (exact) mass is 284 g/mol. The molecule has 0 saturated heterocycles. The third-order valence-electron chi connectivity index (χ3n) is 3.15. The minimum atomic E-state index is -0.251. The van der Waals surface area contributed by atoms with Gasteiger partial charge < -0.3 is 0 Å². The van der Waals surface area contributed by atoms with Crippen LogP contribution in [0.25, 0.3) is 0 Å². The van der Waals surface area contributed by atoms with Crippen LogP contribution in [0.15, 0.2) is 22.7 Å². The van der Waals surface area contributed by atoms with Gasteiger partial charge in [-0.05, 0) is 52.9 Å². The van der Waals surface area contributed by atoms with E-state index in [2.05, 4.69) is 15.9 Å². The molecule has 0 spiro atoms. The number of Topliss-reactive ketones (excluding diaryl/α,β-unsaturated/α-hetero) is 1. The van der Waals surface area contributed by atoms with Crippen LogP contribution >= 0.6 is 15.9 Å². The summed E-state index contributed by atoms with van der Waals surface area (Å²) < 4.78 is 13.5. The first kappa shape index (κ1) is 11.8. The summed E-state index contributed by atoms with van der Waals surface area (Å²) in [4.78, 5) is 11.7. The van der Waals surface area contributed by atoms with Crippen LogP contribution in [0.3, 0.4) is 0 Å². The van der Waals surface area contributed by atoms with Gasteiger partial charge in [0.05, 0.1) is 4.47 Å². The molecule has 1 aliphatic carbocycles. The number of hydrogen-bond acceptors (Lipinski definition) is 1. The highest BCUT2D eigenvalue weighted by Gasteiger charge is 2.22. The third-order valence-corrected chi connectivity index (χ3v) is 3.75. The summed E-state index contributed by atoms with van der Waals surface area (Å²) in [5.41, 5.74) is 1.04. The summed E-state index contributed by atoms with van der Waals surface area (Å²) in [6.45, 7) is 0. The summed E-state index contributed by atoms with van der Waals surface area (Å²) in [5.74, 6) is 0.261. The van der Waals surface area contributed by atoms with Gasteiger partial charge in [0.1, 0.15) is 11.6 Å². The summed E-state index contributed by atoms with van der Waals surface area (Å²) >= 11 is 3.17. The van der Waals surface area contributed by atoms with E-state index >= 15 is 0 Å². The Hall–Kier alpha value is -0.700. The van der Waals surface area contributed by atoms with Crippen molar-refractivity contribution < 1.29 is 9.18 Å². The van der Waals surface area contributed by atoms with Gasteiger partial charge in [0, 0.05) is 12.3 Å². The Morgan fingerprint density at radius 1 is 1.38 bits per heavy atom. The second kappa shape index (κ2) is 5.09. The maximum atomic E-state index is 13.0. The molecular weight excluding hydrogens is 271 g/mol. The molecule has 1 unspecified atom stereocenters. The first-order valence-electron chi connectivity index (χ1n) is 5.63. The smallest absolute Gasteiger partial charge is 0.137 e. The van der Waals surface area contributed by atoms with Gasteiger partial charge in [-0.3, -0.25) is 4.79 Å². The molecule has 3 heteroatoms. The molecular formula is C13H14BrFO. The quantitative estimate of drug-likeness (QED) is 0.805. The van der Waals surface area contributed by atoms with E-state index in [4.69, 9.17) is 0 Å². The second-order valence-corrected chi connectivity index (χ2v) is 5.22. The summed E-state index contributed by atoms with van der Waals surface area (Å²) in [5, 5.41) is 0. The minimum Gasteiger partial charge on any atom is -0.299 e. The van der Waals surface area contributed by atoms with Crippen LogP contribution in [0.2, 0.25) is 0 Å². The van der Waals surface area contributed by atoms with E-state index in [0.29, 0.717) is 16.7 Å². The molecule has 16 heavy (non-hydrogen) atoms. The average Bonchev–Trinajstić information content (AvgIpc) is 2.27. The molecule has 1 atom stereocenters. The molecule has 1 nitrogen and oxygen atoms in total. The number of halogens is 2. The maximum Gasteiger partial charge on any atom is 0.137 e. The van der Waals surface area contributed by atoms with Gasteiger partial charge in [0.15, 0.2) is 0 Å². The van der Waals surface area contributed by atoms with E-state index in [1.54, 1.807) is 12.1 Å². The predicted octanol–water partition coefficient (Wildman–Crippen LogP) is 3.89. The second-order valence-electron chi connectivity index (χ2n) is 4.36. The summed E-state index contributed by atoms with van der Waals surface area (Å²) in [6.07, 6.45) is 4.61. The zero-order valence-corrected chi connectivity index (χ0v) is 10.6. The van der Waals surface area contributed by atoms with Crippen molar-refractivity contribution in [3.63, 3.8) is 0 Å². The fourth-order valence-electron chi connectivity index (χ4n) is 2.22. The number of rotatable bonds is 2. The van der Waals surface area contributed by atoms with E-state index in [-0.39, 0.29) is 11.7 Å². The molecule has 1 aromatic rings. The van der Waals surface area contributed by atoms with Crippen molar-refractivity contribution in [2.75, 3.05) is 0 Å². The average molecular weight is 285 g/mol. The van der Waals surface area contributed by atoms with Crippen molar-refractivity contribution in [1.82, 2.24) is 0 Å². The zero-order valence-electron chi connectivity index (χ0n) is 9.01. The molecule has 86 valence electrons. The molecule has 0 amide bonds. The fraction of sp³-hybridized carbons (Fsp3) is 0.462. The standard InChI is InChI=1S/C13H14BrFO/c14-11-8-9(5-6-12(11)15)7-10-3-1-2-4-13(10)16/h5-6,8,10H,1-4,7H2. The SMILES string of the molecule is O=C1CCCCC1Cc1ccc(F)c(Br)c1.